The maximum Gasteiger partial charge on any atom is 0.340 e. The second-order valence-corrected chi connectivity index (χ2v) is 12.2. The Morgan fingerprint density at radius 1 is 1.13 bits per heavy atom. The highest BCUT2D eigenvalue weighted by Crippen LogP contribution is 2.42. The molecule has 1 aromatic rings. The Morgan fingerprint density at radius 2 is 1.82 bits per heavy atom. The third-order valence-corrected chi connectivity index (χ3v) is 8.01. The Morgan fingerprint density at radius 3 is 2.44 bits per heavy atom. The van der Waals surface area contributed by atoms with Crippen LogP contribution in [0.1, 0.15) is 18.4 Å². The van der Waals surface area contributed by atoms with Gasteiger partial charge < -0.3 is 38.7 Å². The topological polar surface area (TPSA) is 194 Å². The summed E-state index contributed by atoms with van der Waals surface area (Å²) in [5, 5.41) is 10.1. The standard InChI is InChI=1S/C20H38Cl2N3O11P3/c1-24(10-6-20(26,35-37(27)28)36-38(29)30)9-3-13-33-19-5-2-4-18(16-19)17-32-14-15-34-39(23,31)25(11-7-21)12-8-22/h2,4-5,16,26-28,38H,3,6-15,17H2,1H3,(H2,23,31)(H,29,30). The molecule has 0 spiro atoms. The quantitative estimate of drug-likeness (QED) is 0.0497. The number of hydrogen-bond acceptors (Lipinski definition) is 11. The minimum atomic E-state index is -3.58. The molecule has 39 heavy (non-hydrogen) atoms. The molecule has 1 aromatic carbocycles. The maximum absolute atomic E-state index is 12.5. The minimum absolute atomic E-state index is 0.0363. The van der Waals surface area contributed by atoms with E-state index in [1.165, 1.54) is 4.67 Å². The van der Waals surface area contributed by atoms with E-state index < -0.39 is 30.5 Å². The van der Waals surface area contributed by atoms with E-state index in [4.69, 9.17) is 57.4 Å². The molecule has 0 saturated carbocycles. The predicted molar refractivity (Wildman–Crippen MR) is 149 cm³/mol. The molecule has 0 amide bonds. The van der Waals surface area contributed by atoms with Crippen LogP contribution in [0.25, 0.3) is 0 Å². The van der Waals surface area contributed by atoms with Gasteiger partial charge in [0.2, 0.25) is 0 Å². The van der Waals surface area contributed by atoms with E-state index in [1.807, 2.05) is 18.2 Å². The number of nitrogens with zero attached hydrogens (tertiary/aromatic N) is 2. The Hall–Kier alpha value is 0.0500. The van der Waals surface area contributed by atoms with E-state index in [-0.39, 0.29) is 44.5 Å². The van der Waals surface area contributed by atoms with Crippen molar-refractivity contribution in [2.75, 3.05) is 64.8 Å². The van der Waals surface area contributed by atoms with Gasteiger partial charge in [-0.15, -0.1) is 23.2 Å². The lowest BCUT2D eigenvalue weighted by Gasteiger charge is -2.28. The zero-order valence-electron chi connectivity index (χ0n) is 21.6. The molecule has 228 valence electrons. The van der Waals surface area contributed by atoms with Crippen LogP contribution in [0.3, 0.4) is 0 Å². The summed E-state index contributed by atoms with van der Waals surface area (Å²) in [6, 6.07) is 7.33. The van der Waals surface area contributed by atoms with E-state index in [1.54, 1.807) is 18.0 Å². The van der Waals surface area contributed by atoms with Gasteiger partial charge in [0.1, 0.15) is 5.75 Å². The summed E-state index contributed by atoms with van der Waals surface area (Å²) in [6.45, 7) is 2.17. The lowest BCUT2D eigenvalue weighted by Crippen LogP contribution is -2.36. The van der Waals surface area contributed by atoms with E-state index in [0.717, 1.165) is 5.56 Å². The number of ether oxygens (including phenoxy) is 2. The second-order valence-electron chi connectivity index (χ2n) is 8.11. The highest BCUT2D eigenvalue weighted by atomic mass is 35.5. The second kappa shape index (κ2) is 20.0. The van der Waals surface area contributed by atoms with Crippen LogP contribution in [0.15, 0.2) is 24.3 Å². The van der Waals surface area contributed by atoms with Crippen molar-refractivity contribution in [2.24, 2.45) is 5.50 Å². The minimum Gasteiger partial charge on any atom is -0.494 e. The Balaban J connectivity index is 2.35. The van der Waals surface area contributed by atoms with Crippen molar-refractivity contribution in [1.82, 2.24) is 9.57 Å². The van der Waals surface area contributed by atoms with E-state index in [0.29, 0.717) is 38.4 Å². The lowest BCUT2D eigenvalue weighted by molar-refractivity contribution is -0.280. The highest BCUT2D eigenvalue weighted by molar-refractivity contribution is 7.53. The summed E-state index contributed by atoms with van der Waals surface area (Å²) in [5.41, 5.74) is 6.66. The van der Waals surface area contributed by atoms with Crippen molar-refractivity contribution in [3.63, 3.8) is 0 Å². The first-order valence-corrected chi connectivity index (χ1v) is 16.9. The van der Waals surface area contributed by atoms with Gasteiger partial charge in [0.05, 0.1) is 26.4 Å². The molecule has 1 rings (SSSR count). The van der Waals surface area contributed by atoms with Crippen molar-refractivity contribution < 1.29 is 52.0 Å². The van der Waals surface area contributed by atoms with Gasteiger partial charge in [-0.3, -0.25) is 18.2 Å². The zero-order chi connectivity index (χ0) is 29.3. The van der Waals surface area contributed by atoms with Gasteiger partial charge >= 0.3 is 24.5 Å². The van der Waals surface area contributed by atoms with Crippen LogP contribution in [0.4, 0.5) is 0 Å². The van der Waals surface area contributed by atoms with Gasteiger partial charge in [0.15, 0.2) is 0 Å². The first-order chi connectivity index (χ1) is 18.4. The van der Waals surface area contributed by atoms with Crippen molar-refractivity contribution in [3.05, 3.63) is 29.8 Å². The monoisotopic (exact) mass is 659 g/mol. The number of alkyl halides is 2. The molecule has 0 aliphatic carbocycles. The lowest BCUT2D eigenvalue weighted by atomic mass is 10.2. The van der Waals surface area contributed by atoms with Crippen LogP contribution in [0.2, 0.25) is 0 Å². The molecule has 14 nitrogen and oxygen atoms in total. The maximum atomic E-state index is 12.5. The van der Waals surface area contributed by atoms with Crippen LogP contribution in [-0.4, -0.2) is 100 Å². The van der Waals surface area contributed by atoms with E-state index >= 15 is 0 Å². The molecule has 0 fully saturated rings. The molecular formula is C20H38Cl2N3O11P3. The number of benzene rings is 1. The third-order valence-electron chi connectivity index (χ3n) is 4.98. The fourth-order valence-corrected chi connectivity index (χ4v) is 5.93. The summed E-state index contributed by atoms with van der Waals surface area (Å²) in [6.07, 6.45) is 0.317. The average molecular weight is 660 g/mol. The van der Waals surface area contributed by atoms with Gasteiger partial charge in [-0.1, -0.05) is 12.1 Å². The number of aliphatic hydroxyl groups is 1. The van der Waals surface area contributed by atoms with Gasteiger partial charge in [0.25, 0.3) is 5.97 Å². The van der Waals surface area contributed by atoms with Gasteiger partial charge in [-0.2, -0.15) is 0 Å². The summed E-state index contributed by atoms with van der Waals surface area (Å²) < 4.78 is 50.4. The molecule has 0 saturated heterocycles. The molecule has 0 aliphatic heterocycles. The fourth-order valence-electron chi connectivity index (χ4n) is 3.16. The number of hydrogen-bond donors (Lipinski definition) is 5. The molecule has 3 unspecified atom stereocenters. The van der Waals surface area contributed by atoms with Crippen LogP contribution >= 0.6 is 47.7 Å². The van der Waals surface area contributed by atoms with Gasteiger partial charge in [-0.25, -0.2) is 10.2 Å². The third kappa shape index (κ3) is 16.9. The normalized spacial score (nSPS) is 16.0. The SMILES string of the molecule is CN(CCCOc1cccc(COCCOP(N)(=O)N(CCCl)CCCl)c1)CCC(O)(OP(O)O)O[PH](=O)O. The highest BCUT2D eigenvalue weighted by Gasteiger charge is 2.35. The van der Waals surface area contributed by atoms with Gasteiger partial charge in [-0.05, 0) is 31.2 Å². The van der Waals surface area contributed by atoms with Crippen LogP contribution in [-0.2, 0) is 34.0 Å². The molecule has 0 heterocycles. The molecule has 0 aromatic heterocycles. The van der Waals surface area contributed by atoms with Crippen LogP contribution in [0, 0.1) is 0 Å². The summed E-state index contributed by atoms with van der Waals surface area (Å²) >= 11 is 11.4. The van der Waals surface area contributed by atoms with Crippen molar-refractivity contribution in [1.29, 1.82) is 0 Å². The molecule has 19 heteroatoms. The predicted octanol–water partition coefficient (Wildman–Crippen LogP) is 2.43. The summed E-state index contributed by atoms with van der Waals surface area (Å²) in [7, 11) is -8.34. The molecule has 0 bridgehead atoms. The van der Waals surface area contributed by atoms with Crippen molar-refractivity contribution >= 4 is 47.7 Å². The molecular weight excluding hydrogens is 622 g/mol. The molecule has 0 aliphatic rings. The smallest absolute Gasteiger partial charge is 0.340 e. The number of halogens is 2. The van der Waals surface area contributed by atoms with E-state index in [9.17, 15) is 14.2 Å². The Kier molecular flexibility index (Phi) is 19.1. The van der Waals surface area contributed by atoms with Crippen LogP contribution < -0.4 is 10.2 Å². The molecule has 3 atom stereocenters. The number of rotatable bonds is 23. The van der Waals surface area contributed by atoms with Gasteiger partial charge in [0, 0.05) is 44.4 Å². The summed E-state index contributed by atoms with van der Waals surface area (Å²) in [4.78, 5) is 28.5. The number of nitrogens with two attached hydrogens (primary N) is 1. The molecule has 6 N–H and O–H groups in total. The fraction of sp³-hybridized carbons (Fsp3) is 0.700. The Bertz CT molecular complexity index is 890. The Labute approximate surface area is 240 Å². The van der Waals surface area contributed by atoms with E-state index in [2.05, 4.69) is 9.05 Å². The first-order valence-electron chi connectivity index (χ1n) is 11.8. The summed E-state index contributed by atoms with van der Waals surface area (Å²) in [5.74, 6) is -1.45. The zero-order valence-corrected chi connectivity index (χ0v) is 25.9. The van der Waals surface area contributed by atoms with Crippen molar-refractivity contribution in [3.8, 4) is 5.75 Å². The average Bonchev–Trinajstić information content (AvgIpc) is 2.84. The largest absolute Gasteiger partial charge is 0.494 e. The first kappa shape index (κ1) is 37.1. The van der Waals surface area contributed by atoms with Crippen LogP contribution in [0.5, 0.6) is 5.75 Å². The van der Waals surface area contributed by atoms with Crippen molar-refractivity contribution in [2.45, 2.75) is 25.4 Å². The molecule has 0 radical (unpaired) electrons.